The Bertz CT molecular complexity index is 1280. The highest BCUT2D eigenvalue weighted by molar-refractivity contribution is 5.87. The Balaban J connectivity index is 1.64. The van der Waals surface area contributed by atoms with E-state index in [1.807, 2.05) is 0 Å². The highest BCUT2D eigenvalue weighted by Crippen LogP contribution is 2.12. The largest absolute Gasteiger partial charge is 0.481 e. The molecule has 0 saturated carbocycles. The summed E-state index contributed by atoms with van der Waals surface area (Å²) in [6, 6.07) is 7.02. The van der Waals surface area contributed by atoms with Gasteiger partial charge in [0, 0.05) is 12.7 Å². The van der Waals surface area contributed by atoms with Crippen LogP contribution in [0.2, 0.25) is 0 Å². The number of nitrogens with one attached hydrogen (secondary N) is 1. The van der Waals surface area contributed by atoms with Crippen LogP contribution in [0.5, 0.6) is 0 Å². The quantitative estimate of drug-likeness (QED) is 0.431. The zero-order valence-corrected chi connectivity index (χ0v) is 14.8. The molecule has 0 atom stereocenters. The predicted octanol–water partition coefficient (Wildman–Crippen LogP) is 0.679. The molecule has 0 spiro atoms. The molecule has 0 bridgehead atoms. The topological polar surface area (TPSA) is 156 Å². The van der Waals surface area contributed by atoms with Crippen LogP contribution in [0.3, 0.4) is 0 Å². The van der Waals surface area contributed by atoms with Gasteiger partial charge in [-0.15, -0.1) is 0 Å². The van der Waals surface area contributed by atoms with E-state index in [0.29, 0.717) is 12.1 Å². The van der Waals surface area contributed by atoms with Crippen LogP contribution in [0.25, 0.3) is 17.1 Å². The lowest BCUT2D eigenvalue weighted by atomic mass is 10.1. The van der Waals surface area contributed by atoms with Crippen LogP contribution < -0.4 is 5.56 Å². The van der Waals surface area contributed by atoms with E-state index in [0.717, 1.165) is 16.4 Å². The first-order chi connectivity index (χ1) is 13.9. The Morgan fingerprint density at radius 3 is 2.48 bits per heavy atom. The number of carboxylic acids is 2. The van der Waals surface area contributed by atoms with Crippen molar-refractivity contribution in [2.75, 3.05) is 0 Å². The summed E-state index contributed by atoms with van der Waals surface area (Å²) in [5.41, 5.74) is 1.51. The van der Waals surface area contributed by atoms with Crippen molar-refractivity contribution in [2.45, 2.75) is 13.0 Å². The molecule has 11 nitrogen and oxygen atoms in total. The molecule has 0 fully saturated rings. The van der Waals surface area contributed by atoms with E-state index in [4.69, 9.17) is 10.2 Å². The van der Waals surface area contributed by atoms with Gasteiger partial charge in [-0.3, -0.25) is 14.6 Å². The average molecular weight is 394 g/mol. The van der Waals surface area contributed by atoms with Crippen LogP contribution in [0.4, 0.5) is 0 Å². The molecule has 4 aromatic rings. The Morgan fingerprint density at radius 2 is 1.83 bits per heavy atom. The minimum atomic E-state index is -1.14. The molecule has 3 aromatic heterocycles. The molecule has 0 unspecified atom stereocenters. The molecule has 11 heteroatoms. The SMILES string of the molecule is O=C(O)Cc1ccc(Cn2cnc3nc(-n4cc(C(=O)O)cn4)[nH]c(=O)c32)cc1. The normalized spacial score (nSPS) is 11.0. The first-order valence-electron chi connectivity index (χ1n) is 8.44. The van der Waals surface area contributed by atoms with E-state index in [-0.39, 0.29) is 29.1 Å². The summed E-state index contributed by atoms with van der Waals surface area (Å²) in [6.45, 7) is 0.346. The maximum atomic E-state index is 12.6. The number of imidazole rings is 1. The zero-order chi connectivity index (χ0) is 20.5. The molecular formula is C18H14N6O5. The fraction of sp³-hybridized carbons (Fsp3) is 0.111. The monoisotopic (exact) mass is 394 g/mol. The van der Waals surface area contributed by atoms with Gasteiger partial charge in [0.2, 0.25) is 5.95 Å². The molecule has 0 aliphatic carbocycles. The zero-order valence-electron chi connectivity index (χ0n) is 14.8. The summed E-state index contributed by atoms with van der Waals surface area (Å²) in [4.78, 5) is 45.3. The molecule has 0 amide bonds. The van der Waals surface area contributed by atoms with Crippen molar-refractivity contribution in [1.82, 2.24) is 29.3 Å². The number of benzene rings is 1. The number of hydrogen-bond acceptors (Lipinski definition) is 6. The molecule has 4 rings (SSSR count). The van der Waals surface area contributed by atoms with Gasteiger partial charge in [0.25, 0.3) is 5.56 Å². The number of aromatic amines is 1. The second-order valence-corrected chi connectivity index (χ2v) is 6.30. The Hall–Kier alpha value is -4.28. The molecule has 3 N–H and O–H groups in total. The Kier molecular flexibility index (Phi) is 4.39. The van der Waals surface area contributed by atoms with Gasteiger partial charge in [0.05, 0.1) is 24.5 Å². The van der Waals surface area contributed by atoms with Crippen LogP contribution in [0.1, 0.15) is 21.5 Å². The van der Waals surface area contributed by atoms with Crippen molar-refractivity contribution >= 4 is 23.1 Å². The number of carbonyl (C=O) groups is 2. The van der Waals surface area contributed by atoms with E-state index in [2.05, 4.69) is 20.1 Å². The lowest BCUT2D eigenvalue weighted by Gasteiger charge is -2.06. The molecule has 29 heavy (non-hydrogen) atoms. The maximum Gasteiger partial charge on any atom is 0.338 e. The Morgan fingerprint density at radius 1 is 1.10 bits per heavy atom. The van der Waals surface area contributed by atoms with E-state index in [1.54, 1.807) is 28.8 Å². The molecular weight excluding hydrogens is 380 g/mol. The smallest absolute Gasteiger partial charge is 0.338 e. The summed E-state index contributed by atoms with van der Waals surface area (Å²) in [6.07, 6.45) is 3.81. The number of aromatic nitrogens is 6. The lowest BCUT2D eigenvalue weighted by Crippen LogP contribution is -2.16. The Labute approximate surface area is 161 Å². The number of rotatable bonds is 6. The van der Waals surface area contributed by atoms with Gasteiger partial charge in [-0.05, 0) is 11.1 Å². The van der Waals surface area contributed by atoms with Crippen LogP contribution in [0, 0.1) is 0 Å². The van der Waals surface area contributed by atoms with Crippen molar-refractivity contribution in [2.24, 2.45) is 0 Å². The molecule has 1 aromatic carbocycles. The fourth-order valence-electron chi connectivity index (χ4n) is 2.89. The van der Waals surface area contributed by atoms with Crippen molar-refractivity contribution in [3.05, 3.63) is 70.0 Å². The van der Waals surface area contributed by atoms with Gasteiger partial charge >= 0.3 is 11.9 Å². The molecule has 0 aliphatic rings. The van der Waals surface area contributed by atoms with Crippen LogP contribution in [-0.2, 0) is 17.8 Å². The number of aliphatic carboxylic acids is 1. The number of carboxylic acid groups (broad SMARTS) is 2. The highest BCUT2D eigenvalue weighted by atomic mass is 16.4. The van der Waals surface area contributed by atoms with Gasteiger partial charge in [-0.25, -0.2) is 14.5 Å². The second kappa shape index (κ2) is 7.03. The number of hydrogen-bond donors (Lipinski definition) is 3. The number of H-pyrrole nitrogens is 1. The molecule has 146 valence electrons. The van der Waals surface area contributed by atoms with Gasteiger partial charge in [0.15, 0.2) is 11.2 Å². The summed E-state index contributed by atoms with van der Waals surface area (Å²) in [7, 11) is 0. The molecule has 0 aliphatic heterocycles. The predicted molar refractivity (Wildman–Crippen MR) is 99.1 cm³/mol. The minimum absolute atomic E-state index is 0.0374. The van der Waals surface area contributed by atoms with Crippen molar-refractivity contribution in [3.8, 4) is 5.95 Å². The van der Waals surface area contributed by atoms with Gasteiger partial charge in [-0.2, -0.15) is 10.1 Å². The standard InChI is InChI=1S/C18H14N6O5/c25-13(26)5-10-1-3-11(4-2-10)7-23-9-19-15-14(23)16(27)22-18(21-15)24-8-12(6-20-24)17(28)29/h1-4,6,8-9H,5,7H2,(H,25,26)(H,28,29)(H,21,22,27). The summed E-state index contributed by atoms with van der Waals surface area (Å²) in [5, 5.41) is 21.7. The second-order valence-electron chi connectivity index (χ2n) is 6.30. The van der Waals surface area contributed by atoms with E-state index in [1.165, 1.54) is 12.5 Å². The van der Waals surface area contributed by atoms with E-state index < -0.39 is 17.5 Å². The number of aromatic carboxylic acids is 1. The summed E-state index contributed by atoms with van der Waals surface area (Å²) < 4.78 is 2.79. The fourth-order valence-corrected chi connectivity index (χ4v) is 2.89. The van der Waals surface area contributed by atoms with E-state index >= 15 is 0 Å². The van der Waals surface area contributed by atoms with Gasteiger partial charge in [0.1, 0.15) is 0 Å². The van der Waals surface area contributed by atoms with Crippen LogP contribution in [0.15, 0.2) is 47.8 Å². The maximum absolute atomic E-state index is 12.6. The summed E-state index contributed by atoms with van der Waals surface area (Å²) >= 11 is 0. The minimum Gasteiger partial charge on any atom is -0.481 e. The van der Waals surface area contributed by atoms with Gasteiger partial charge in [-0.1, -0.05) is 24.3 Å². The first kappa shape index (κ1) is 18.1. The molecule has 0 saturated heterocycles. The van der Waals surface area contributed by atoms with Crippen LogP contribution >= 0.6 is 0 Å². The molecule has 3 heterocycles. The summed E-state index contributed by atoms with van der Waals surface area (Å²) in [5.74, 6) is -1.99. The highest BCUT2D eigenvalue weighted by Gasteiger charge is 2.14. The molecule has 0 radical (unpaired) electrons. The van der Waals surface area contributed by atoms with Crippen molar-refractivity contribution < 1.29 is 19.8 Å². The first-order valence-corrected chi connectivity index (χ1v) is 8.44. The third-order valence-corrected chi connectivity index (χ3v) is 4.25. The lowest BCUT2D eigenvalue weighted by molar-refractivity contribution is -0.136. The van der Waals surface area contributed by atoms with Crippen molar-refractivity contribution in [3.63, 3.8) is 0 Å². The number of nitrogens with zero attached hydrogens (tertiary/aromatic N) is 5. The van der Waals surface area contributed by atoms with Gasteiger partial charge < -0.3 is 14.8 Å². The third-order valence-electron chi connectivity index (χ3n) is 4.25. The van der Waals surface area contributed by atoms with Crippen molar-refractivity contribution in [1.29, 1.82) is 0 Å². The average Bonchev–Trinajstić information content (AvgIpc) is 3.31. The van der Waals surface area contributed by atoms with E-state index in [9.17, 15) is 14.4 Å². The van der Waals surface area contributed by atoms with Crippen LogP contribution in [-0.4, -0.2) is 51.5 Å². The third kappa shape index (κ3) is 3.60. The number of fused-ring (bicyclic) bond motifs is 1.